The van der Waals surface area contributed by atoms with Crippen LogP contribution in [-0.4, -0.2) is 65.6 Å². The number of thiol groups is 2. The number of unbranched alkanes of at least 4 members (excludes halogenated alkanes) is 14. The summed E-state index contributed by atoms with van der Waals surface area (Å²) in [6.45, 7) is 0.685. The van der Waals surface area contributed by atoms with Gasteiger partial charge in [0.1, 0.15) is 0 Å². The number of alkyl halides is 12. The van der Waals surface area contributed by atoms with E-state index < -0.39 is 61.5 Å². The third kappa shape index (κ3) is 21.0. The highest BCUT2D eigenvalue weighted by Crippen LogP contribution is 2.44. The molecule has 0 saturated heterocycles. The lowest BCUT2D eigenvalue weighted by Crippen LogP contribution is -2.57. The first-order chi connectivity index (χ1) is 20.7. The first-order valence-electron chi connectivity index (χ1n) is 15.5. The maximum absolute atomic E-state index is 13.5. The van der Waals surface area contributed by atoms with Crippen LogP contribution in [0.2, 0.25) is 0 Å². The average molecular weight is 739 g/mol. The van der Waals surface area contributed by atoms with Crippen LogP contribution in [-0.2, 0) is 9.47 Å². The van der Waals surface area contributed by atoms with Crippen LogP contribution in [0.1, 0.15) is 122 Å². The van der Waals surface area contributed by atoms with Crippen molar-refractivity contribution in [1.29, 1.82) is 0 Å². The summed E-state index contributed by atoms with van der Waals surface area (Å²) in [6.07, 6.45) is -26.8. The molecule has 0 fully saturated rings. The van der Waals surface area contributed by atoms with E-state index in [1.54, 1.807) is 0 Å². The van der Waals surface area contributed by atoms with Gasteiger partial charge in [-0.2, -0.15) is 77.9 Å². The van der Waals surface area contributed by atoms with Gasteiger partial charge in [-0.3, -0.25) is 0 Å². The number of rotatable bonds is 25. The summed E-state index contributed by atoms with van der Waals surface area (Å²) < 4.78 is 171. The predicted octanol–water partition coefficient (Wildman–Crippen LogP) is 11.2. The normalized spacial score (nSPS) is 15.3. The van der Waals surface area contributed by atoms with Crippen molar-refractivity contribution >= 4 is 25.3 Å². The number of ether oxygens (including phenoxy) is 2. The Bertz CT molecular complexity index is 721. The standard InChI is InChI=1S/C29H48F12O2S2.H2O/c1-25(43-24(28(36,37)38)29(39,40)41,19-15-11-7-3-5-9-13-17-21-45)22(42-23(26(30,31)32)27(33,34)35)18-14-10-6-2-4-8-12-16-20-44;/h22-24,44-45H,2-21H2,1H3;1H2. The zero-order chi connectivity index (χ0) is 34.8. The third-order valence-electron chi connectivity index (χ3n) is 7.51. The zero-order valence-electron chi connectivity index (χ0n) is 26.1. The lowest BCUT2D eigenvalue weighted by atomic mass is 9.87. The van der Waals surface area contributed by atoms with Gasteiger partial charge in [-0.05, 0) is 44.1 Å². The van der Waals surface area contributed by atoms with Gasteiger partial charge in [-0.1, -0.05) is 89.9 Å². The number of hydrogen-bond acceptors (Lipinski definition) is 4. The molecule has 0 heterocycles. The van der Waals surface area contributed by atoms with Gasteiger partial charge in [0, 0.05) is 0 Å². The van der Waals surface area contributed by atoms with Crippen molar-refractivity contribution in [2.45, 2.75) is 171 Å². The fourth-order valence-corrected chi connectivity index (χ4v) is 5.50. The molecule has 0 rings (SSSR count). The first-order valence-corrected chi connectivity index (χ1v) is 16.8. The van der Waals surface area contributed by atoms with E-state index in [1.807, 2.05) is 0 Å². The molecule has 0 aromatic carbocycles. The number of hydrogen-bond donors (Lipinski definition) is 2. The molecule has 17 heteroatoms. The van der Waals surface area contributed by atoms with E-state index in [9.17, 15) is 52.7 Å². The van der Waals surface area contributed by atoms with E-state index >= 15 is 0 Å². The molecule has 0 aromatic rings. The maximum atomic E-state index is 13.5. The van der Waals surface area contributed by atoms with Crippen LogP contribution in [0.5, 0.6) is 0 Å². The van der Waals surface area contributed by atoms with Crippen LogP contribution >= 0.6 is 25.3 Å². The Morgan fingerprint density at radius 3 is 1.09 bits per heavy atom. The molecule has 0 aromatic heterocycles. The molecule has 2 N–H and O–H groups in total. The van der Waals surface area contributed by atoms with E-state index in [0.717, 1.165) is 62.9 Å². The van der Waals surface area contributed by atoms with Gasteiger partial charge in [-0.25, -0.2) is 0 Å². The molecular weight excluding hydrogens is 688 g/mol. The van der Waals surface area contributed by atoms with Gasteiger partial charge >= 0.3 is 24.7 Å². The third-order valence-corrected chi connectivity index (χ3v) is 8.15. The lowest BCUT2D eigenvalue weighted by molar-refractivity contribution is -0.373. The summed E-state index contributed by atoms with van der Waals surface area (Å²) in [5.74, 6) is 1.44. The Labute approximate surface area is 275 Å². The molecule has 0 saturated carbocycles. The zero-order valence-corrected chi connectivity index (χ0v) is 27.9. The van der Waals surface area contributed by atoms with Crippen LogP contribution in [0.15, 0.2) is 0 Å². The lowest BCUT2D eigenvalue weighted by Gasteiger charge is -2.42. The molecule has 0 radical (unpaired) electrons. The van der Waals surface area contributed by atoms with Gasteiger partial charge in [0.25, 0.3) is 0 Å². The molecule has 0 aliphatic rings. The average Bonchev–Trinajstić information content (AvgIpc) is 2.88. The summed E-state index contributed by atoms with van der Waals surface area (Å²) >= 11 is 8.21. The highest BCUT2D eigenvalue weighted by molar-refractivity contribution is 7.80. The van der Waals surface area contributed by atoms with Gasteiger partial charge in [0.2, 0.25) is 12.2 Å². The van der Waals surface area contributed by atoms with Crippen molar-refractivity contribution in [2.75, 3.05) is 11.5 Å². The van der Waals surface area contributed by atoms with Crippen molar-refractivity contribution in [3.8, 4) is 0 Å². The molecule has 280 valence electrons. The largest absolute Gasteiger partial charge is 0.423 e. The predicted molar refractivity (Wildman–Crippen MR) is 161 cm³/mol. The topological polar surface area (TPSA) is 50.0 Å². The van der Waals surface area contributed by atoms with Crippen molar-refractivity contribution in [3.63, 3.8) is 0 Å². The smallest absolute Gasteiger partial charge is 0.412 e. The summed E-state index contributed by atoms with van der Waals surface area (Å²) in [7, 11) is 0. The monoisotopic (exact) mass is 738 g/mol. The van der Waals surface area contributed by atoms with Crippen LogP contribution in [0.4, 0.5) is 52.7 Å². The second-order valence-electron chi connectivity index (χ2n) is 11.6. The maximum Gasteiger partial charge on any atom is 0.423 e. The Kier molecular flexibility index (Phi) is 24.1. The fraction of sp³-hybridized carbons (Fsp3) is 1.00. The molecule has 0 spiro atoms. The van der Waals surface area contributed by atoms with Gasteiger partial charge in [-0.15, -0.1) is 0 Å². The molecular formula is C29H50F12O3S2. The SMILES string of the molecule is CC(CCCCCCCCCCS)(OC(C(F)(F)F)C(F)(F)F)C(CCCCCCCCCCS)OC(C(F)(F)F)C(F)(F)F.O. The van der Waals surface area contributed by atoms with E-state index in [0.29, 0.717) is 32.6 Å². The van der Waals surface area contributed by atoms with Crippen molar-refractivity contribution in [2.24, 2.45) is 0 Å². The highest BCUT2D eigenvalue weighted by Gasteiger charge is 2.63. The molecule has 2 atom stereocenters. The van der Waals surface area contributed by atoms with Crippen LogP contribution in [0, 0.1) is 0 Å². The van der Waals surface area contributed by atoms with Gasteiger partial charge in [0.15, 0.2) is 0 Å². The fourth-order valence-electron chi connectivity index (χ4n) is 5.06. The summed E-state index contributed by atoms with van der Waals surface area (Å²) in [5.41, 5.74) is -2.77. The van der Waals surface area contributed by atoms with Crippen molar-refractivity contribution in [3.05, 3.63) is 0 Å². The molecule has 0 amide bonds. The quantitative estimate of drug-likeness (QED) is 0.0557. The Balaban J connectivity index is 0. The summed E-state index contributed by atoms with van der Waals surface area (Å²) in [6, 6.07) is 0. The minimum atomic E-state index is -6.03. The molecule has 3 nitrogen and oxygen atoms in total. The van der Waals surface area contributed by atoms with E-state index in [2.05, 4.69) is 34.7 Å². The van der Waals surface area contributed by atoms with E-state index in [-0.39, 0.29) is 31.2 Å². The van der Waals surface area contributed by atoms with Gasteiger partial charge < -0.3 is 14.9 Å². The molecule has 46 heavy (non-hydrogen) atoms. The van der Waals surface area contributed by atoms with Crippen LogP contribution in [0.3, 0.4) is 0 Å². The van der Waals surface area contributed by atoms with Crippen LogP contribution < -0.4 is 0 Å². The highest BCUT2D eigenvalue weighted by atomic mass is 32.1. The molecule has 0 bridgehead atoms. The van der Waals surface area contributed by atoms with Crippen molar-refractivity contribution < 1.29 is 67.6 Å². The minimum Gasteiger partial charge on any atom is -0.412 e. The van der Waals surface area contributed by atoms with Crippen LogP contribution in [0.25, 0.3) is 0 Å². The Morgan fingerprint density at radius 2 is 0.761 bits per heavy atom. The molecule has 0 aliphatic carbocycles. The van der Waals surface area contributed by atoms with E-state index in [1.165, 1.54) is 0 Å². The number of halogens is 12. The minimum absolute atomic E-state index is 0. The second-order valence-corrected chi connectivity index (χ2v) is 12.5. The first kappa shape index (κ1) is 47.9. The molecule has 0 aliphatic heterocycles. The molecule has 2 unspecified atom stereocenters. The Hall–Kier alpha value is -0.260. The Morgan fingerprint density at radius 1 is 0.457 bits per heavy atom. The van der Waals surface area contributed by atoms with Crippen molar-refractivity contribution in [1.82, 2.24) is 0 Å². The van der Waals surface area contributed by atoms with Gasteiger partial charge in [0.05, 0.1) is 11.7 Å². The second kappa shape index (κ2) is 23.2. The summed E-state index contributed by atoms with van der Waals surface area (Å²) in [4.78, 5) is 0. The van der Waals surface area contributed by atoms with E-state index in [4.69, 9.17) is 0 Å². The summed E-state index contributed by atoms with van der Waals surface area (Å²) in [5, 5.41) is 0.